The van der Waals surface area contributed by atoms with Gasteiger partial charge in [-0.05, 0) is 44.9 Å². The molecule has 0 aromatic carbocycles. The summed E-state index contributed by atoms with van der Waals surface area (Å²) in [5.41, 5.74) is 0. The van der Waals surface area contributed by atoms with Gasteiger partial charge in [0.25, 0.3) is 0 Å². The van der Waals surface area contributed by atoms with E-state index in [-0.39, 0.29) is 6.10 Å². The fourth-order valence-electron chi connectivity index (χ4n) is 2.57. The number of rotatable bonds is 8. The Kier molecular flexibility index (Phi) is 7.87. The molecule has 0 aromatic rings. The number of aliphatic hydroxyl groups is 1. The summed E-state index contributed by atoms with van der Waals surface area (Å²) in [5, 5.41) is 13.2. The summed E-state index contributed by atoms with van der Waals surface area (Å²) < 4.78 is 5.80. The van der Waals surface area contributed by atoms with Gasteiger partial charge in [-0.25, -0.2) is 0 Å². The summed E-state index contributed by atoms with van der Waals surface area (Å²) in [6.07, 6.45) is 7.21. The summed E-state index contributed by atoms with van der Waals surface area (Å²) in [5.74, 6) is 0.853. The Morgan fingerprint density at radius 1 is 1.28 bits per heavy atom. The SMILES string of the molecule is CCCC(C)NCC(O)COC1CCC(C)CC1. The Hall–Kier alpha value is -0.120. The number of aliphatic hydroxyl groups excluding tert-OH is 1. The van der Waals surface area contributed by atoms with Gasteiger partial charge in [0.1, 0.15) is 0 Å². The van der Waals surface area contributed by atoms with Crippen LogP contribution in [-0.4, -0.2) is 36.5 Å². The Labute approximate surface area is 112 Å². The summed E-state index contributed by atoms with van der Waals surface area (Å²) in [4.78, 5) is 0. The first-order valence-electron chi connectivity index (χ1n) is 7.64. The van der Waals surface area contributed by atoms with Crippen LogP contribution >= 0.6 is 0 Å². The summed E-state index contributed by atoms with van der Waals surface area (Å²) in [6.45, 7) is 7.78. The Bertz CT molecular complexity index is 203. The molecule has 18 heavy (non-hydrogen) atoms. The highest BCUT2D eigenvalue weighted by molar-refractivity contribution is 4.71. The van der Waals surface area contributed by atoms with Gasteiger partial charge in [-0.15, -0.1) is 0 Å². The van der Waals surface area contributed by atoms with Gasteiger partial charge in [-0.3, -0.25) is 0 Å². The molecule has 1 saturated carbocycles. The second kappa shape index (κ2) is 8.89. The maximum Gasteiger partial charge on any atom is 0.0897 e. The molecule has 2 unspecified atom stereocenters. The van der Waals surface area contributed by atoms with Crippen molar-refractivity contribution in [3.63, 3.8) is 0 Å². The fraction of sp³-hybridized carbons (Fsp3) is 1.00. The molecular formula is C15H31NO2. The van der Waals surface area contributed by atoms with Crippen molar-refractivity contribution in [1.82, 2.24) is 5.32 Å². The van der Waals surface area contributed by atoms with E-state index in [1.165, 1.54) is 19.3 Å². The molecule has 0 radical (unpaired) electrons. The Balaban J connectivity index is 2.04. The topological polar surface area (TPSA) is 41.5 Å². The minimum atomic E-state index is -0.372. The highest BCUT2D eigenvalue weighted by Crippen LogP contribution is 2.25. The second-order valence-electron chi connectivity index (χ2n) is 5.97. The van der Waals surface area contributed by atoms with Gasteiger partial charge in [0.15, 0.2) is 0 Å². The molecule has 0 heterocycles. The third-order valence-corrected chi connectivity index (χ3v) is 3.91. The lowest BCUT2D eigenvalue weighted by Crippen LogP contribution is -2.37. The van der Waals surface area contributed by atoms with Crippen molar-refractivity contribution in [2.45, 2.75) is 77.5 Å². The summed E-state index contributed by atoms with van der Waals surface area (Å²) in [7, 11) is 0. The summed E-state index contributed by atoms with van der Waals surface area (Å²) in [6, 6.07) is 0.486. The molecule has 1 rings (SSSR count). The van der Waals surface area contributed by atoms with Gasteiger partial charge in [-0.1, -0.05) is 20.3 Å². The van der Waals surface area contributed by atoms with Crippen molar-refractivity contribution < 1.29 is 9.84 Å². The van der Waals surface area contributed by atoms with E-state index in [0.29, 0.717) is 25.3 Å². The zero-order chi connectivity index (χ0) is 13.4. The van der Waals surface area contributed by atoms with E-state index in [1.54, 1.807) is 0 Å². The minimum absolute atomic E-state index is 0.372. The van der Waals surface area contributed by atoms with E-state index in [4.69, 9.17) is 4.74 Å². The molecule has 1 aliphatic rings. The van der Waals surface area contributed by atoms with Gasteiger partial charge in [0.05, 0.1) is 18.8 Å². The Morgan fingerprint density at radius 3 is 2.56 bits per heavy atom. The van der Waals surface area contributed by atoms with Gasteiger partial charge < -0.3 is 15.2 Å². The molecule has 1 fully saturated rings. The third-order valence-electron chi connectivity index (χ3n) is 3.91. The molecule has 0 aliphatic heterocycles. The van der Waals surface area contributed by atoms with Gasteiger partial charge in [-0.2, -0.15) is 0 Å². The first-order valence-corrected chi connectivity index (χ1v) is 7.64. The van der Waals surface area contributed by atoms with Crippen LogP contribution in [0.25, 0.3) is 0 Å². The largest absolute Gasteiger partial charge is 0.389 e. The second-order valence-corrected chi connectivity index (χ2v) is 5.97. The van der Waals surface area contributed by atoms with Crippen LogP contribution < -0.4 is 5.32 Å². The van der Waals surface area contributed by atoms with Crippen LogP contribution in [0.3, 0.4) is 0 Å². The highest BCUT2D eigenvalue weighted by Gasteiger charge is 2.19. The predicted octanol–water partition coefficient (Wildman–Crippen LogP) is 2.72. The van der Waals surface area contributed by atoms with E-state index < -0.39 is 0 Å². The maximum absolute atomic E-state index is 9.86. The van der Waals surface area contributed by atoms with E-state index in [0.717, 1.165) is 25.2 Å². The van der Waals surface area contributed by atoms with Crippen molar-refractivity contribution in [2.24, 2.45) is 5.92 Å². The molecule has 0 saturated heterocycles. The van der Waals surface area contributed by atoms with Crippen LogP contribution in [0, 0.1) is 5.92 Å². The predicted molar refractivity (Wildman–Crippen MR) is 75.8 cm³/mol. The van der Waals surface area contributed by atoms with Crippen molar-refractivity contribution in [1.29, 1.82) is 0 Å². The third kappa shape index (κ3) is 6.72. The molecular weight excluding hydrogens is 226 g/mol. The zero-order valence-electron chi connectivity index (χ0n) is 12.3. The molecule has 0 bridgehead atoms. The molecule has 0 aromatic heterocycles. The Morgan fingerprint density at radius 2 is 1.94 bits per heavy atom. The van der Waals surface area contributed by atoms with Crippen LogP contribution in [0.15, 0.2) is 0 Å². The number of hydrogen-bond donors (Lipinski definition) is 2. The lowest BCUT2D eigenvalue weighted by Gasteiger charge is -2.27. The average molecular weight is 257 g/mol. The quantitative estimate of drug-likeness (QED) is 0.702. The van der Waals surface area contributed by atoms with Crippen LogP contribution in [-0.2, 0) is 4.74 Å². The van der Waals surface area contributed by atoms with Crippen LogP contribution in [0.1, 0.15) is 59.3 Å². The molecule has 2 N–H and O–H groups in total. The standard InChI is InChI=1S/C15H31NO2/c1-4-5-13(3)16-10-14(17)11-18-15-8-6-12(2)7-9-15/h12-17H,4-11H2,1-3H3. The molecule has 0 spiro atoms. The lowest BCUT2D eigenvalue weighted by atomic mass is 9.89. The van der Waals surface area contributed by atoms with E-state index in [1.807, 2.05) is 0 Å². The number of nitrogens with one attached hydrogen (secondary N) is 1. The number of ether oxygens (including phenoxy) is 1. The maximum atomic E-state index is 9.86. The first kappa shape index (κ1) is 15.9. The van der Waals surface area contributed by atoms with Gasteiger partial charge >= 0.3 is 0 Å². The van der Waals surface area contributed by atoms with Crippen molar-refractivity contribution in [3.8, 4) is 0 Å². The van der Waals surface area contributed by atoms with Crippen molar-refractivity contribution in [3.05, 3.63) is 0 Å². The summed E-state index contributed by atoms with van der Waals surface area (Å²) >= 11 is 0. The molecule has 3 nitrogen and oxygen atoms in total. The molecule has 2 atom stereocenters. The smallest absolute Gasteiger partial charge is 0.0897 e. The van der Waals surface area contributed by atoms with Crippen LogP contribution in [0.2, 0.25) is 0 Å². The van der Waals surface area contributed by atoms with Crippen molar-refractivity contribution in [2.75, 3.05) is 13.2 Å². The van der Waals surface area contributed by atoms with Crippen molar-refractivity contribution >= 4 is 0 Å². The van der Waals surface area contributed by atoms with Crippen LogP contribution in [0.4, 0.5) is 0 Å². The minimum Gasteiger partial charge on any atom is -0.389 e. The average Bonchev–Trinajstić information content (AvgIpc) is 2.36. The van der Waals surface area contributed by atoms with E-state index in [2.05, 4.69) is 26.1 Å². The first-order chi connectivity index (χ1) is 8.61. The normalized spacial score (nSPS) is 28.0. The van der Waals surface area contributed by atoms with Gasteiger partial charge in [0, 0.05) is 12.6 Å². The zero-order valence-corrected chi connectivity index (χ0v) is 12.3. The molecule has 0 amide bonds. The molecule has 1 aliphatic carbocycles. The fourth-order valence-corrected chi connectivity index (χ4v) is 2.57. The van der Waals surface area contributed by atoms with E-state index in [9.17, 15) is 5.11 Å². The molecule has 3 heteroatoms. The van der Waals surface area contributed by atoms with E-state index >= 15 is 0 Å². The monoisotopic (exact) mass is 257 g/mol. The lowest BCUT2D eigenvalue weighted by molar-refractivity contribution is -0.0283. The van der Waals surface area contributed by atoms with Gasteiger partial charge in [0.2, 0.25) is 0 Å². The van der Waals surface area contributed by atoms with Crippen LogP contribution in [0.5, 0.6) is 0 Å². The number of hydrogen-bond acceptors (Lipinski definition) is 3. The highest BCUT2D eigenvalue weighted by atomic mass is 16.5. The molecule has 108 valence electrons.